The van der Waals surface area contributed by atoms with Gasteiger partial charge >= 0.3 is 0 Å². The van der Waals surface area contributed by atoms with Crippen LogP contribution in [0.4, 0.5) is 0 Å². The molecule has 1 aliphatic carbocycles. The minimum Gasteiger partial charge on any atom is -0.459 e. The van der Waals surface area contributed by atoms with Gasteiger partial charge in [0.05, 0.1) is 6.54 Å². The van der Waals surface area contributed by atoms with Crippen molar-refractivity contribution in [2.24, 2.45) is 5.92 Å². The summed E-state index contributed by atoms with van der Waals surface area (Å²) in [4.78, 5) is 12.1. The minimum absolute atomic E-state index is 0.0932. The topological polar surface area (TPSA) is 42.2 Å². The Morgan fingerprint density at radius 1 is 1.18 bits per heavy atom. The van der Waals surface area contributed by atoms with Crippen LogP contribution in [0, 0.1) is 5.92 Å². The molecule has 1 amide bonds. The third-order valence-electron chi connectivity index (χ3n) is 3.87. The van der Waals surface area contributed by atoms with Gasteiger partial charge in [0.15, 0.2) is 0 Å². The van der Waals surface area contributed by atoms with Gasteiger partial charge in [-0.25, -0.2) is 0 Å². The molecule has 3 nitrogen and oxygen atoms in total. The number of nitrogens with one attached hydrogen (secondary N) is 1. The van der Waals surface area contributed by atoms with Crippen molar-refractivity contribution in [3.05, 3.63) is 59.3 Å². The van der Waals surface area contributed by atoms with Crippen molar-refractivity contribution in [1.29, 1.82) is 0 Å². The van der Waals surface area contributed by atoms with E-state index >= 15 is 0 Å². The first-order valence-electron chi connectivity index (χ1n) is 7.50. The van der Waals surface area contributed by atoms with Crippen molar-refractivity contribution < 1.29 is 9.21 Å². The molecule has 1 heterocycles. The lowest BCUT2D eigenvalue weighted by molar-refractivity contribution is -0.125. The number of rotatable bonds is 4. The molecule has 3 rings (SSSR count). The van der Waals surface area contributed by atoms with Crippen LogP contribution in [0.3, 0.4) is 0 Å². The van der Waals surface area contributed by atoms with E-state index in [1.807, 2.05) is 36.4 Å². The Hall–Kier alpha value is -2.00. The van der Waals surface area contributed by atoms with Gasteiger partial charge in [-0.3, -0.25) is 4.79 Å². The lowest BCUT2D eigenvalue weighted by Crippen LogP contribution is -2.30. The van der Waals surface area contributed by atoms with E-state index in [1.165, 1.54) is 0 Å². The largest absolute Gasteiger partial charge is 0.459 e. The number of allylic oxidation sites excluding steroid dienone is 2. The monoisotopic (exact) mass is 315 g/mol. The molecule has 2 aromatic rings. The van der Waals surface area contributed by atoms with Crippen LogP contribution in [0.5, 0.6) is 0 Å². The highest BCUT2D eigenvalue weighted by Crippen LogP contribution is 2.24. The molecule has 0 saturated carbocycles. The Labute approximate surface area is 135 Å². The molecule has 22 heavy (non-hydrogen) atoms. The predicted octanol–water partition coefficient (Wildman–Crippen LogP) is 4.57. The van der Waals surface area contributed by atoms with E-state index in [4.69, 9.17) is 16.0 Å². The van der Waals surface area contributed by atoms with E-state index < -0.39 is 0 Å². The van der Waals surface area contributed by atoms with Gasteiger partial charge in [0.2, 0.25) is 5.91 Å². The van der Waals surface area contributed by atoms with Crippen molar-refractivity contribution in [1.82, 2.24) is 5.32 Å². The first kappa shape index (κ1) is 14.9. The van der Waals surface area contributed by atoms with Gasteiger partial charge in [0.25, 0.3) is 0 Å². The zero-order valence-corrected chi connectivity index (χ0v) is 13.0. The molecule has 0 bridgehead atoms. The van der Waals surface area contributed by atoms with E-state index in [0.717, 1.165) is 36.3 Å². The average molecular weight is 316 g/mol. The highest BCUT2D eigenvalue weighted by Gasteiger charge is 2.18. The lowest BCUT2D eigenvalue weighted by Gasteiger charge is -2.16. The van der Waals surface area contributed by atoms with Crippen LogP contribution in [-0.2, 0) is 11.3 Å². The van der Waals surface area contributed by atoms with Crippen LogP contribution >= 0.6 is 11.6 Å². The summed E-state index contributed by atoms with van der Waals surface area (Å²) >= 11 is 5.88. The molecule has 1 aromatic heterocycles. The van der Waals surface area contributed by atoms with Crippen molar-refractivity contribution in [2.75, 3.05) is 0 Å². The van der Waals surface area contributed by atoms with Gasteiger partial charge in [-0.05, 0) is 55.7 Å². The SMILES string of the molecule is O=C(NCc1ccc(-c2ccc(Cl)cc2)o1)[C@@H]1CC=CCC1. The van der Waals surface area contributed by atoms with Gasteiger partial charge in [-0.15, -0.1) is 0 Å². The molecule has 1 N–H and O–H groups in total. The molecule has 0 fully saturated rings. The third-order valence-corrected chi connectivity index (χ3v) is 4.12. The molecule has 0 radical (unpaired) electrons. The number of benzene rings is 1. The molecule has 0 aliphatic heterocycles. The normalized spacial score (nSPS) is 17.4. The van der Waals surface area contributed by atoms with Gasteiger partial charge in [0.1, 0.15) is 11.5 Å². The number of halogens is 1. The predicted molar refractivity (Wildman–Crippen MR) is 87.5 cm³/mol. The summed E-state index contributed by atoms with van der Waals surface area (Å²) in [7, 11) is 0. The Morgan fingerprint density at radius 2 is 2.00 bits per heavy atom. The van der Waals surface area contributed by atoms with Gasteiger partial charge in [-0.2, -0.15) is 0 Å². The van der Waals surface area contributed by atoms with Crippen LogP contribution in [-0.4, -0.2) is 5.91 Å². The summed E-state index contributed by atoms with van der Waals surface area (Å²) in [5.74, 6) is 1.73. The Morgan fingerprint density at radius 3 is 2.73 bits per heavy atom. The maximum absolute atomic E-state index is 12.1. The van der Waals surface area contributed by atoms with Crippen molar-refractivity contribution >= 4 is 17.5 Å². The Bertz CT molecular complexity index is 673. The Kier molecular flexibility index (Phi) is 4.64. The minimum atomic E-state index is 0.0932. The zero-order valence-electron chi connectivity index (χ0n) is 12.2. The molecule has 0 spiro atoms. The van der Waals surface area contributed by atoms with Crippen LogP contribution in [0.1, 0.15) is 25.0 Å². The second-order valence-electron chi connectivity index (χ2n) is 5.47. The van der Waals surface area contributed by atoms with Crippen LogP contribution in [0.15, 0.2) is 53.0 Å². The highest BCUT2D eigenvalue weighted by molar-refractivity contribution is 6.30. The summed E-state index contributed by atoms with van der Waals surface area (Å²) in [6.45, 7) is 0.423. The fourth-order valence-corrected chi connectivity index (χ4v) is 2.72. The molecule has 1 aromatic carbocycles. The number of furan rings is 1. The fraction of sp³-hybridized carbons (Fsp3) is 0.278. The summed E-state index contributed by atoms with van der Waals surface area (Å²) in [6, 6.07) is 11.3. The van der Waals surface area contributed by atoms with E-state index in [1.54, 1.807) is 0 Å². The molecule has 1 aliphatic rings. The second kappa shape index (κ2) is 6.84. The third kappa shape index (κ3) is 3.60. The van der Waals surface area contributed by atoms with E-state index in [-0.39, 0.29) is 11.8 Å². The van der Waals surface area contributed by atoms with E-state index in [0.29, 0.717) is 11.6 Å². The first-order chi connectivity index (χ1) is 10.7. The Balaban J connectivity index is 1.58. The zero-order chi connectivity index (χ0) is 15.4. The standard InChI is InChI=1S/C18H18ClNO2/c19-15-8-6-13(7-9-15)17-11-10-16(22-17)12-20-18(21)14-4-2-1-3-5-14/h1-2,6-11,14H,3-5,12H2,(H,20,21)/t14-/m1/s1. The maximum atomic E-state index is 12.1. The maximum Gasteiger partial charge on any atom is 0.223 e. The van der Waals surface area contributed by atoms with Gasteiger partial charge in [0, 0.05) is 16.5 Å². The molecule has 0 saturated heterocycles. The molecule has 0 unspecified atom stereocenters. The molecule has 114 valence electrons. The smallest absolute Gasteiger partial charge is 0.223 e. The molecular weight excluding hydrogens is 298 g/mol. The number of amides is 1. The van der Waals surface area contributed by atoms with Crippen LogP contribution < -0.4 is 5.32 Å². The average Bonchev–Trinajstić information content (AvgIpc) is 3.03. The first-order valence-corrected chi connectivity index (χ1v) is 7.87. The molecule has 4 heteroatoms. The summed E-state index contributed by atoms with van der Waals surface area (Å²) in [5.41, 5.74) is 0.972. The number of hydrogen-bond donors (Lipinski definition) is 1. The van der Waals surface area contributed by atoms with Crippen molar-refractivity contribution in [2.45, 2.75) is 25.8 Å². The number of hydrogen-bond acceptors (Lipinski definition) is 2. The van der Waals surface area contributed by atoms with E-state index in [9.17, 15) is 4.79 Å². The number of carbonyl (C=O) groups is 1. The van der Waals surface area contributed by atoms with Crippen LogP contribution in [0.25, 0.3) is 11.3 Å². The van der Waals surface area contributed by atoms with Gasteiger partial charge < -0.3 is 9.73 Å². The fourth-order valence-electron chi connectivity index (χ4n) is 2.59. The summed E-state index contributed by atoms with van der Waals surface area (Å²) in [5, 5.41) is 3.65. The quantitative estimate of drug-likeness (QED) is 0.840. The van der Waals surface area contributed by atoms with Gasteiger partial charge in [-0.1, -0.05) is 23.8 Å². The van der Waals surface area contributed by atoms with Crippen molar-refractivity contribution in [3.8, 4) is 11.3 Å². The molecular formula is C18H18ClNO2. The van der Waals surface area contributed by atoms with Crippen molar-refractivity contribution in [3.63, 3.8) is 0 Å². The lowest BCUT2D eigenvalue weighted by atomic mass is 9.94. The second-order valence-corrected chi connectivity index (χ2v) is 5.91. The number of carbonyl (C=O) groups excluding carboxylic acids is 1. The van der Waals surface area contributed by atoms with Crippen LogP contribution in [0.2, 0.25) is 5.02 Å². The van der Waals surface area contributed by atoms with E-state index in [2.05, 4.69) is 17.5 Å². The summed E-state index contributed by atoms with van der Waals surface area (Å²) < 4.78 is 5.78. The highest BCUT2D eigenvalue weighted by atomic mass is 35.5. The summed E-state index contributed by atoms with van der Waals surface area (Å²) in [6.07, 6.45) is 6.96. The molecule has 1 atom stereocenters.